The molecule has 0 aromatic heterocycles. The van der Waals surface area contributed by atoms with Gasteiger partial charge in [-0.25, -0.2) is 0 Å². The van der Waals surface area contributed by atoms with Crippen LogP contribution in [-0.4, -0.2) is 36.5 Å². The van der Waals surface area contributed by atoms with Gasteiger partial charge in [0.25, 0.3) is 0 Å². The first-order chi connectivity index (χ1) is 12.7. The molecular formula is C23H43NO2. The third-order valence-electron chi connectivity index (χ3n) is 4.18. The van der Waals surface area contributed by atoms with Crippen LogP contribution >= 0.6 is 0 Å². The van der Waals surface area contributed by atoms with Crippen LogP contribution in [0.4, 0.5) is 0 Å². The third kappa shape index (κ3) is 7.20. The zero-order chi connectivity index (χ0) is 20.6. The molecule has 1 spiro atoms. The number of ketones is 1. The summed E-state index contributed by atoms with van der Waals surface area (Å²) in [5.41, 5.74) is 0.972. The highest BCUT2D eigenvalue weighted by molar-refractivity contribution is 5.82. The summed E-state index contributed by atoms with van der Waals surface area (Å²) < 4.78 is 5.94. The van der Waals surface area contributed by atoms with Crippen molar-refractivity contribution >= 4 is 5.78 Å². The SMILES string of the molecule is CC.CC.CC.CC.CN1CCCC2(CC(=O)CO2)C1c1ccccc1. The monoisotopic (exact) mass is 365 g/mol. The van der Waals surface area contributed by atoms with Crippen molar-refractivity contribution in [3.63, 3.8) is 0 Å². The van der Waals surface area contributed by atoms with Gasteiger partial charge in [-0.15, -0.1) is 0 Å². The summed E-state index contributed by atoms with van der Waals surface area (Å²) >= 11 is 0. The Morgan fingerprint density at radius 1 is 0.962 bits per heavy atom. The lowest BCUT2D eigenvalue weighted by molar-refractivity contribution is -0.118. The van der Waals surface area contributed by atoms with Gasteiger partial charge >= 0.3 is 0 Å². The van der Waals surface area contributed by atoms with Crippen molar-refractivity contribution in [1.29, 1.82) is 0 Å². The normalized spacial score (nSPS) is 23.9. The average Bonchev–Trinajstić information content (AvgIpc) is 3.09. The van der Waals surface area contributed by atoms with Crippen LogP contribution < -0.4 is 0 Å². The number of ether oxygens (including phenoxy) is 1. The molecule has 2 fully saturated rings. The van der Waals surface area contributed by atoms with Gasteiger partial charge in [0, 0.05) is 6.42 Å². The highest BCUT2D eigenvalue weighted by Crippen LogP contribution is 2.45. The molecule has 0 saturated carbocycles. The molecule has 1 aromatic rings. The minimum atomic E-state index is -0.286. The summed E-state index contributed by atoms with van der Waals surface area (Å²) in [6.07, 6.45) is 2.66. The van der Waals surface area contributed by atoms with Crippen LogP contribution in [0.1, 0.15) is 86.3 Å². The summed E-state index contributed by atoms with van der Waals surface area (Å²) in [7, 11) is 2.13. The number of likely N-dealkylation sites (tertiary alicyclic amines) is 1. The maximum Gasteiger partial charge on any atom is 0.161 e. The molecule has 26 heavy (non-hydrogen) atoms. The maximum absolute atomic E-state index is 11.7. The number of nitrogens with zero attached hydrogens (tertiary/aromatic N) is 1. The van der Waals surface area contributed by atoms with E-state index in [2.05, 4.69) is 36.2 Å². The van der Waals surface area contributed by atoms with E-state index in [0.29, 0.717) is 6.42 Å². The molecule has 0 bridgehead atoms. The van der Waals surface area contributed by atoms with Gasteiger partial charge in [-0.05, 0) is 32.0 Å². The van der Waals surface area contributed by atoms with E-state index in [9.17, 15) is 4.79 Å². The Kier molecular flexibility index (Phi) is 16.7. The van der Waals surface area contributed by atoms with Gasteiger partial charge < -0.3 is 4.74 Å². The fraction of sp³-hybridized carbons (Fsp3) is 0.696. The fourth-order valence-corrected chi connectivity index (χ4v) is 3.48. The molecule has 1 aromatic carbocycles. The molecule has 0 aliphatic carbocycles. The number of hydrogen-bond acceptors (Lipinski definition) is 3. The Balaban J connectivity index is 0. The van der Waals surface area contributed by atoms with E-state index >= 15 is 0 Å². The molecule has 152 valence electrons. The first kappa shape index (κ1) is 27.0. The van der Waals surface area contributed by atoms with Gasteiger partial charge in [0.1, 0.15) is 6.61 Å². The molecule has 3 nitrogen and oxygen atoms in total. The molecule has 0 radical (unpaired) electrons. The number of benzene rings is 1. The number of carbonyl (C=O) groups excluding carboxylic acids is 1. The Bertz CT molecular complexity index is 447. The molecule has 3 heteroatoms. The molecule has 2 saturated heterocycles. The van der Waals surface area contributed by atoms with Gasteiger partial charge in [0.2, 0.25) is 0 Å². The van der Waals surface area contributed by atoms with E-state index in [1.54, 1.807) is 0 Å². The Hall–Kier alpha value is -1.19. The summed E-state index contributed by atoms with van der Waals surface area (Å²) in [6.45, 7) is 17.4. The van der Waals surface area contributed by atoms with Crippen molar-refractivity contribution in [2.24, 2.45) is 0 Å². The molecule has 2 aliphatic rings. The Labute approximate surface area is 163 Å². The van der Waals surface area contributed by atoms with E-state index in [0.717, 1.165) is 19.4 Å². The summed E-state index contributed by atoms with van der Waals surface area (Å²) in [5, 5.41) is 0. The van der Waals surface area contributed by atoms with Gasteiger partial charge in [0.15, 0.2) is 5.78 Å². The van der Waals surface area contributed by atoms with E-state index in [1.807, 2.05) is 61.5 Å². The first-order valence-electron chi connectivity index (χ1n) is 10.6. The third-order valence-corrected chi connectivity index (χ3v) is 4.18. The smallest absolute Gasteiger partial charge is 0.161 e. The van der Waals surface area contributed by atoms with Crippen molar-refractivity contribution in [3.05, 3.63) is 35.9 Å². The van der Waals surface area contributed by atoms with Crippen LogP contribution in [0.25, 0.3) is 0 Å². The fourth-order valence-electron chi connectivity index (χ4n) is 3.48. The number of carbonyl (C=O) groups is 1. The number of piperidine rings is 1. The number of likely N-dealkylation sites (N-methyl/N-ethyl adjacent to an activating group) is 1. The number of hydrogen-bond donors (Lipinski definition) is 0. The van der Waals surface area contributed by atoms with Crippen LogP contribution in [0.15, 0.2) is 30.3 Å². The molecule has 2 heterocycles. The van der Waals surface area contributed by atoms with Gasteiger partial charge in [-0.1, -0.05) is 85.7 Å². The van der Waals surface area contributed by atoms with Gasteiger partial charge in [-0.3, -0.25) is 9.69 Å². The minimum Gasteiger partial charge on any atom is -0.365 e. The van der Waals surface area contributed by atoms with Crippen molar-refractivity contribution in [1.82, 2.24) is 4.90 Å². The lowest BCUT2D eigenvalue weighted by atomic mass is 9.79. The molecular weight excluding hydrogens is 322 g/mol. The molecule has 2 atom stereocenters. The van der Waals surface area contributed by atoms with Crippen molar-refractivity contribution in [2.75, 3.05) is 20.2 Å². The molecule has 3 rings (SSSR count). The Morgan fingerprint density at radius 2 is 1.50 bits per heavy atom. The van der Waals surface area contributed by atoms with E-state index in [4.69, 9.17) is 4.74 Å². The summed E-state index contributed by atoms with van der Waals surface area (Å²) in [6, 6.07) is 10.6. The predicted octanol–water partition coefficient (Wildman–Crippen LogP) is 6.29. The van der Waals surface area contributed by atoms with Crippen molar-refractivity contribution < 1.29 is 9.53 Å². The molecule has 2 unspecified atom stereocenters. The van der Waals surface area contributed by atoms with E-state index < -0.39 is 0 Å². The lowest BCUT2D eigenvalue weighted by Gasteiger charge is -2.46. The highest BCUT2D eigenvalue weighted by atomic mass is 16.5. The largest absolute Gasteiger partial charge is 0.365 e. The average molecular weight is 366 g/mol. The van der Waals surface area contributed by atoms with Crippen LogP contribution in [0.5, 0.6) is 0 Å². The van der Waals surface area contributed by atoms with Crippen molar-refractivity contribution in [3.8, 4) is 0 Å². The highest BCUT2D eigenvalue weighted by Gasteiger charge is 2.50. The Morgan fingerprint density at radius 3 is 1.96 bits per heavy atom. The first-order valence-corrected chi connectivity index (χ1v) is 10.6. The maximum atomic E-state index is 11.7. The standard InChI is InChI=1S/C15H19NO2.4C2H6/c1-16-9-5-8-15(10-13(17)11-18-15)14(16)12-6-3-2-4-7-12;4*1-2/h2-4,6-7,14H,5,8-11H2,1H3;4*1-2H3. The van der Waals surface area contributed by atoms with Crippen molar-refractivity contribution in [2.45, 2.75) is 86.3 Å². The molecule has 0 N–H and O–H groups in total. The zero-order valence-corrected chi connectivity index (χ0v) is 18.8. The van der Waals surface area contributed by atoms with Crippen LogP contribution in [0.3, 0.4) is 0 Å². The quantitative estimate of drug-likeness (QED) is 0.586. The minimum absolute atomic E-state index is 0.207. The topological polar surface area (TPSA) is 29.5 Å². The second-order valence-electron chi connectivity index (χ2n) is 5.47. The van der Waals surface area contributed by atoms with Crippen LogP contribution in [0, 0.1) is 0 Å². The van der Waals surface area contributed by atoms with Crippen LogP contribution in [0.2, 0.25) is 0 Å². The lowest BCUT2D eigenvalue weighted by Crippen LogP contribution is -2.49. The zero-order valence-electron chi connectivity index (χ0n) is 18.8. The summed E-state index contributed by atoms with van der Waals surface area (Å²) in [5.74, 6) is 0.242. The van der Waals surface area contributed by atoms with E-state index in [1.165, 1.54) is 5.56 Å². The second-order valence-corrected chi connectivity index (χ2v) is 5.47. The van der Waals surface area contributed by atoms with Gasteiger partial charge in [0.05, 0.1) is 11.6 Å². The molecule has 2 aliphatic heterocycles. The predicted molar refractivity (Wildman–Crippen MR) is 115 cm³/mol. The number of Topliss-reactive ketones (excluding diaryl/α,β-unsaturated/α-hetero) is 1. The van der Waals surface area contributed by atoms with Crippen LogP contribution in [-0.2, 0) is 9.53 Å². The summed E-state index contributed by atoms with van der Waals surface area (Å²) in [4.78, 5) is 14.0. The molecule has 0 amide bonds. The van der Waals surface area contributed by atoms with Gasteiger partial charge in [-0.2, -0.15) is 0 Å². The number of rotatable bonds is 1. The van der Waals surface area contributed by atoms with E-state index in [-0.39, 0.29) is 24.0 Å². The second kappa shape index (κ2) is 16.0.